The number of nitrogens with zero attached hydrogens (tertiary/aromatic N) is 3. The molecule has 0 saturated heterocycles. The van der Waals surface area contributed by atoms with E-state index in [9.17, 15) is 4.79 Å². The van der Waals surface area contributed by atoms with Gasteiger partial charge in [-0.05, 0) is 52.0 Å². The molecule has 1 aromatic heterocycles. The topological polar surface area (TPSA) is 82.0 Å². The molecule has 0 aliphatic rings. The monoisotopic (exact) mass is 340 g/mol. The Balaban J connectivity index is 2.49. The van der Waals surface area contributed by atoms with Gasteiger partial charge in [0.25, 0.3) is 5.91 Å². The number of benzene rings is 1. The number of carbonyl (C=O) groups excluding carboxylic acids is 1. The Bertz CT molecular complexity index is 879. The van der Waals surface area contributed by atoms with Crippen LogP contribution in [0.1, 0.15) is 53.3 Å². The van der Waals surface area contributed by atoms with Crippen molar-refractivity contribution in [2.75, 3.05) is 0 Å². The van der Waals surface area contributed by atoms with E-state index in [1.165, 1.54) is 11.3 Å². The molecule has 1 N–H and O–H groups in total. The lowest BCUT2D eigenvalue weighted by Gasteiger charge is -2.10. The summed E-state index contributed by atoms with van der Waals surface area (Å²) in [5.74, 6) is -0.326. The standard InChI is InChI=1S/C18H20N4OS/c1-11(2)22-13(4)16(9-12(3)20)24-18(22)21-17(23)15-7-5-14(10-19)6-8-15/h5-8,11,20H,9H2,1-4H3. The van der Waals surface area contributed by atoms with Crippen molar-refractivity contribution in [2.45, 2.75) is 40.2 Å². The van der Waals surface area contributed by atoms with E-state index < -0.39 is 0 Å². The maximum Gasteiger partial charge on any atom is 0.279 e. The number of hydrogen-bond acceptors (Lipinski definition) is 4. The predicted octanol–water partition coefficient (Wildman–Crippen LogP) is 3.63. The van der Waals surface area contributed by atoms with E-state index in [2.05, 4.69) is 4.99 Å². The van der Waals surface area contributed by atoms with Gasteiger partial charge >= 0.3 is 0 Å². The molecule has 124 valence electrons. The van der Waals surface area contributed by atoms with E-state index in [0.29, 0.717) is 28.1 Å². The minimum atomic E-state index is -0.326. The highest BCUT2D eigenvalue weighted by Gasteiger charge is 2.14. The minimum absolute atomic E-state index is 0.175. The van der Waals surface area contributed by atoms with Crippen molar-refractivity contribution in [1.29, 1.82) is 10.7 Å². The van der Waals surface area contributed by atoms with E-state index in [4.69, 9.17) is 10.7 Å². The van der Waals surface area contributed by atoms with Gasteiger partial charge in [0, 0.05) is 34.3 Å². The average Bonchev–Trinajstić information content (AvgIpc) is 2.82. The van der Waals surface area contributed by atoms with Gasteiger partial charge in [0.05, 0.1) is 11.6 Å². The molecule has 24 heavy (non-hydrogen) atoms. The van der Waals surface area contributed by atoms with Crippen LogP contribution in [0.3, 0.4) is 0 Å². The van der Waals surface area contributed by atoms with Crippen molar-refractivity contribution in [3.8, 4) is 6.07 Å². The van der Waals surface area contributed by atoms with Crippen molar-refractivity contribution in [1.82, 2.24) is 4.57 Å². The third-order valence-corrected chi connectivity index (χ3v) is 4.74. The van der Waals surface area contributed by atoms with Crippen LogP contribution in [0, 0.1) is 23.7 Å². The van der Waals surface area contributed by atoms with Gasteiger partial charge in [-0.2, -0.15) is 10.3 Å². The SMILES string of the molecule is CC(=N)Cc1sc(=NC(=O)c2ccc(C#N)cc2)n(C(C)C)c1C. The highest BCUT2D eigenvalue weighted by Crippen LogP contribution is 2.17. The molecule has 1 amide bonds. The Hall–Kier alpha value is -2.52. The number of carbonyl (C=O) groups is 1. The van der Waals surface area contributed by atoms with Gasteiger partial charge in [-0.25, -0.2) is 0 Å². The lowest BCUT2D eigenvalue weighted by atomic mass is 10.1. The molecule has 5 nitrogen and oxygen atoms in total. The number of thiazole rings is 1. The number of nitrogens with one attached hydrogen (secondary N) is 1. The molecule has 0 saturated carbocycles. The summed E-state index contributed by atoms with van der Waals surface area (Å²) in [5, 5.41) is 16.5. The molecule has 0 unspecified atom stereocenters. The van der Waals surface area contributed by atoms with Crippen molar-refractivity contribution in [2.24, 2.45) is 4.99 Å². The van der Waals surface area contributed by atoms with Crippen LogP contribution in [-0.2, 0) is 6.42 Å². The van der Waals surface area contributed by atoms with Crippen molar-refractivity contribution in [3.05, 3.63) is 50.8 Å². The summed E-state index contributed by atoms with van der Waals surface area (Å²) in [6, 6.07) is 8.67. The summed E-state index contributed by atoms with van der Waals surface area (Å²) < 4.78 is 2.03. The van der Waals surface area contributed by atoms with Crippen LogP contribution in [0.5, 0.6) is 0 Å². The normalized spacial score (nSPS) is 11.6. The predicted molar refractivity (Wildman–Crippen MR) is 95.6 cm³/mol. The number of hydrogen-bond donors (Lipinski definition) is 1. The van der Waals surface area contributed by atoms with Crippen LogP contribution in [-0.4, -0.2) is 16.2 Å². The number of nitriles is 1. The van der Waals surface area contributed by atoms with Crippen LogP contribution in [0.15, 0.2) is 29.3 Å². The minimum Gasteiger partial charge on any atom is -0.318 e. The summed E-state index contributed by atoms with van der Waals surface area (Å²) in [6.07, 6.45) is 0.573. The fourth-order valence-electron chi connectivity index (χ4n) is 2.44. The molecule has 2 aromatic rings. The first-order valence-electron chi connectivity index (χ1n) is 7.67. The van der Waals surface area contributed by atoms with Gasteiger partial charge in [-0.1, -0.05) is 0 Å². The number of amides is 1. The molecule has 0 atom stereocenters. The van der Waals surface area contributed by atoms with E-state index >= 15 is 0 Å². The van der Waals surface area contributed by atoms with Gasteiger partial charge in [0.1, 0.15) is 0 Å². The van der Waals surface area contributed by atoms with Gasteiger partial charge in [-0.3, -0.25) is 4.79 Å². The molecular formula is C18H20N4OS. The number of rotatable bonds is 4. The van der Waals surface area contributed by atoms with Crippen LogP contribution in [0.25, 0.3) is 0 Å². The van der Waals surface area contributed by atoms with Crippen molar-refractivity contribution < 1.29 is 4.79 Å². The fourth-order valence-corrected chi connectivity index (χ4v) is 3.77. The Kier molecular flexibility index (Phi) is 5.47. The van der Waals surface area contributed by atoms with E-state index in [1.807, 2.05) is 31.4 Å². The fraction of sp³-hybridized carbons (Fsp3) is 0.333. The van der Waals surface area contributed by atoms with Gasteiger partial charge < -0.3 is 9.98 Å². The third-order valence-electron chi connectivity index (χ3n) is 3.59. The second-order valence-corrected chi connectivity index (χ2v) is 6.98. The Morgan fingerprint density at radius 3 is 2.50 bits per heavy atom. The second-order valence-electron chi connectivity index (χ2n) is 5.92. The molecule has 2 rings (SSSR count). The lowest BCUT2D eigenvalue weighted by Crippen LogP contribution is -2.20. The first kappa shape index (κ1) is 17.8. The summed E-state index contributed by atoms with van der Waals surface area (Å²) in [4.78, 5) is 18.4. The highest BCUT2D eigenvalue weighted by atomic mass is 32.1. The molecule has 0 aliphatic heterocycles. The zero-order valence-corrected chi connectivity index (χ0v) is 15.1. The van der Waals surface area contributed by atoms with Gasteiger partial charge in [0.2, 0.25) is 0 Å². The lowest BCUT2D eigenvalue weighted by molar-refractivity contribution is 0.0997. The zero-order chi connectivity index (χ0) is 17.9. The molecule has 0 fully saturated rings. The van der Waals surface area contributed by atoms with Gasteiger partial charge in [0.15, 0.2) is 4.80 Å². The zero-order valence-electron chi connectivity index (χ0n) is 14.3. The van der Waals surface area contributed by atoms with Crippen LogP contribution in [0.2, 0.25) is 0 Å². The molecule has 0 radical (unpaired) electrons. The quantitative estimate of drug-likeness (QED) is 0.862. The number of aromatic nitrogens is 1. The van der Waals surface area contributed by atoms with Crippen molar-refractivity contribution >= 4 is 23.0 Å². The van der Waals surface area contributed by atoms with Crippen LogP contribution < -0.4 is 4.80 Å². The Morgan fingerprint density at radius 1 is 1.38 bits per heavy atom. The highest BCUT2D eigenvalue weighted by molar-refractivity contribution is 7.09. The average molecular weight is 340 g/mol. The van der Waals surface area contributed by atoms with Gasteiger partial charge in [-0.15, -0.1) is 11.3 Å². The van der Waals surface area contributed by atoms with E-state index in [-0.39, 0.29) is 11.9 Å². The summed E-state index contributed by atoms with van der Waals surface area (Å²) in [5.41, 5.74) is 2.60. The smallest absolute Gasteiger partial charge is 0.279 e. The maximum atomic E-state index is 12.4. The molecule has 6 heteroatoms. The van der Waals surface area contributed by atoms with E-state index in [0.717, 1.165) is 10.6 Å². The van der Waals surface area contributed by atoms with E-state index in [1.54, 1.807) is 31.2 Å². The molecule has 0 bridgehead atoms. The molecule has 1 heterocycles. The van der Waals surface area contributed by atoms with Crippen LogP contribution >= 0.6 is 11.3 Å². The van der Waals surface area contributed by atoms with Crippen molar-refractivity contribution in [3.63, 3.8) is 0 Å². The Labute approximate surface area is 145 Å². The largest absolute Gasteiger partial charge is 0.318 e. The first-order valence-corrected chi connectivity index (χ1v) is 8.49. The molecule has 0 spiro atoms. The third kappa shape index (κ3) is 3.87. The second kappa shape index (κ2) is 7.37. The molecule has 1 aromatic carbocycles. The summed E-state index contributed by atoms with van der Waals surface area (Å²) >= 11 is 1.46. The molecule has 0 aliphatic carbocycles. The first-order chi connectivity index (χ1) is 11.3. The Morgan fingerprint density at radius 2 is 2.00 bits per heavy atom. The molecular weight excluding hydrogens is 320 g/mol. The van der Waals surface area contributed by atoms with Crippen LogP contribution in [0.4, 0.5) is 0 Å². The summed E-state index contributed by atoms with van der Waals surface area (Å²) in [6.45, 7) is 7.87. The maximum absolute atomic E-state index is 12.4. The summed E-state index contributed by atoms with van der Waals surface area (Å²) in [7, 11) is 0.